The molecular formula is C14H25N3O. The minimum atomic E-state index is 0.0108. The van der Waals surface area contributed by atoms with Crippen molar-refractivity contribution in [1.29, 1.82) is 0 Å². The van der Waals surface area contributed by atoms with E-state index in [0.717, 1.165) is 42.3 Å². The summed E-state index contributed by atoms with van der Waals surface area (Å²) in [5.41, 5.74) is 2.14. The van der Waals surface area contributed by atoms with Gasteiger partial charge in [-0.05, 0) is 34.1 Å². The van der Waals surface area contributed by atoms with E-state index in [2.05, 4.69) is 29.1 Å². The van der Waals surface area contributed by atoms with Gasteiger partial charge in [-0.2, -0.15) is 0 Å². The quantitative estimate of drug-likeness (QED) is 0.806. The Morgan fingerprint density at radius 1 is 1.17 bits per heavy atom. The normalized spacial score (nSPS) is 12.5. The predicted molar refractivity (Wildman–Crippen MR) is 74.9 cm³/mol. The van der Waals surface area contributed by atoms with Crippen molar-refractivity contribution in [2.45, 2.75) is 53.6 Å². The number of nitrogens with zero attached hydrogens (tertiary/aromatic N) is 2. The number of anilines is 1. The number of ether oxygens (including phenoxy) is 1. The van der Waals surface area contributed by atoms with Crippen molar-refractivity contribution in [2.75, 3.05) is 18.5 Å². The third-order valence-corrected chi connectivity index (χ3v) is 2.96. The fraction of sp³-hybridized carbons (Fsp3) is 0.714. The average molecular weight is 251 g/mol. The lowest BCUT2D eigenvalue weighted by molar-refractivity contribution is 0.0493. The van der Waals surface area contributed by atoms with Gasteiger partial charge in [0.1, 0.15) is 11.9 Å². The lowest BCUT2D eigenvalue weighted by atomic mass is 10.1. The van der Waals surface area contributed by atoms with Gasteiger partial charge in [0.05, 0.1) is 0 Å². The highest BCUT2D eigenvalue weighted by atomic mass is 16.5. The van der Waals surface area contributed by atoms with Gasteiger partial charge >= 0.3 is 0 Å². The Bertz CT molecular complexity index is 374. The van der Waals surface area contributed by atoms with Gasteiger partial charge in [-0.15, -0.1) is 0 Å². The molecule has 1 aromatic rings. The lowest BCUT2D eigenvalue weighted by Gasteiger charge is -2.18. The van der Waals surface area contributed by atoms with Crippen molar-refractivity contribution >= 4 is 5.82 Å². The van der Waals surface area contributed by atoms with E-state index in [1.165, 1.54) is 0 Å². The molecule has 4 nitrogen and oxygen atoms in total. The molecule has 1 rings (SSSR count). The van der Waals surface area contributed by atoms with Gasteiger partial charge in [-0.25, -0.2) is 9.97 Å². The van der Waals surface area contributed by atoms with Crippen LogP contribution in [-0.2, 0) is 4.74 Å². The van der Waals surface area contributed by atoms with Crippen LogP contribution in [0.1, 0.15) is 56.8 Å². The van der Waals surface area contributed by atoms with Crippen molar-refractivity contribution in [3.05, 3.63) is 17.1 Å². The van der Waals surface area contributed by atoms with Crippen molar-refractivity contribution in [3.8, 4) is 0 Å². The van der Waals surface area contributed by atoms with Crippen molar-refractivity contribution in [1.82, 2.24) is 9.97 Å². The monoisotopic (exact) mass is 251 g/mol. The van der Waals surface area contributed by atoms with Gasteiger partial charge in [-0.1, -0.05) is 13.3 Å². The first-order valence-corrected chi connectivity index (χ1v) is 6.84. The topological polar surface area (TPSA) is 47.0 Å². The fourth-order valence-electron chi connectivity index (χ4n) is 1.88. The number of aryl methyl sites for hydroxylation is 1. The van der Waals surface area contributed by atoms with E-state index in [1.807, 2.05) is 20.8 Å². The zero-order chi connectivity index (χ0) is 13.5. The van der Waals surface area contributed by atoms with Crippen molar-refractivity contribution in [3.63, 3.8) is 0 Å². The zero-order valence-corrected chi connectivity index (χ0v) is 12.2. The third-order valence-electron chi connectivity index (χ3n) is 2.96. The van der Waals surface area contributed by atoms with Crippen molar-refractivity contribution < 1.29 is 4.74 Å². The van der Waals surface area contributed by atoms with Crippen LogP contribution in [0.5, 0.6) is 0 Å². The maximum absolute atomic E-state index is 5.74. The molecule has 0 amide bonds. The predicted octanol–water partition coefficient (Wildman–Crippen LogP) is 3.40. The van der Waals surface area contributed by atoms with E-state index < -0.39 is 0 Å². The van der Waals surface area contributed by atoms with Crippen molar-refractivity contribution in [2.24, 2.45) is 0 Å². The first kappa shape index (κ1) is 14.9. The minimum absolute atomic E-state index is 0.0108. The summed E-state index contributed by atoms with van der Waals surface area (Å²) in [6.45, 7) is 11.9. The lowest BCUT2D eigenvalue weighted by Crippen LogP contribution is -2.13. The Morgan fingerprint density at radius 2 is 1.89 bits per heavy atom. The first-order chi connectivity index (χ1) is 8.63. The molecule has 18 heavy (non-hydrogen) atoms. The highest BCUT2D eigenvalue weighted by molar-refractivity contribution is 5.45. The van der Waals surface area contributed by atoms with Crippen LogP contribution in [0.2, 0.25) is 0 Å². The van der Waals surface area contributed by atoms with E-state index in [1.54, 1.807) is 0 Å². The Balaban J connectivity index is 3.06. The summed E-state index contributed by atoms with van der Waals surface area (Å²) >= 11 is 0. The van der Waals surface area contributed by atoms with E-state index >= 15 is 0 Å². The molecule has 1 N–H and O–H groups in total. The third kappa shape index (κ3) is 3.67. The summed E-state index contributed by atoms with van der Waals surface area (Å²) in [6, 6.07) is 0. The molecule has 102 valence electrons. The molecule has 0 aromatic carbocycles. The molecule has 1 aromatic heterocycles. The number of hydrogen-bond donors (Lipinski definition) is 1. The molecule has 0 aliphatic carbocycles. The van der Waals surface area contributed by atoms with Gasteiger partial charge < -0.3 is 10.1 Å². The Kier molecular flexibility index (Phi) is 6.05. The summed E-state index contributed by atoms with van der Waals surface area (Å²) in [6.07, 6.45) is 2.04. The molecule has 0 saturated carbocycles. The van der Waals surface area contributed by atoms with Gasteiger partial charge in [0, 0.05) is 24.4 Å². The van der Waals surface area contributed by atoms with Gasteiger partial charge in [-0.3, -0.25) is 0 Å². The van der Waals surface area contributed by atoms with Crippen LogP contribution in [0.4, 0.5) is 5.82 Å². The zero-order valence-electron chi connectivity index (χ0n) is 12.2. The summed E-state index contributed by atoms with van der Waals surface area (Å²) in [7, 11) is 0. The Morgan fingerprint density at radius 3 is 2.44 bits per heavy atom. The molecule has 1 heterocycles. The largest absolute Gasteiger partial charge is 0.371 e. The summed E-state index contributed by atoms with van der Waals surface area (Å²) in [5.74, 6) is 1.73. The second-order valence-corrected chi connectivity index (χ2v) is 4.40. The molecule has 0 aliphatic rings. The number of rotatable bonds is 7. The second-order valence-electron chi connectivity index (χ2n) is 4.40. The molecule has 0 saturated heterocycles. The summed E-state index contributed by atoms with van der Waals surface area (Å²) < 4.78 is 5.74. The second kappa shape index (κ2) is 7.31. The van der Waals surface area contributed by atoms with E-state index in [4.69, 9.17) is 4.74 Å². The maximum Gasteiger partial charge on any atom is 0.159 e. The molecule has 0 radical (unpaired) electrons. The van der Waals surface area contributed by atoms with E-state index in [0.29, 0.717) is 6.61 Å². The highest BCUT2D eigenvalue weighted by Gasteiger charge is 2.16. The maximum atomic E-state index is 5.74. The van der Waals surface area contributed by atoms with Crippen LogP contribution in [0.25, 0.3) is 0 Å². The SMILES string of the molecule is CCCC(OCC)c1nc(C)c(C)c(NCC)n1. The first-order valence-electron chi connectivity index (χ1n) is 6.84. The molecule has 4 heteroatoms. The van der Waals surface area contributed by atoms with Crippen LogP contribution >= 0.6 is 0 Å². The highest BCUT2D eigenvalue weighted by Crippen LogP contribution is 2.23. The number of nitrogens with one attached hydrogen (secondary N) is 1. The fourth-order valence-corrected chi connectivity index (χ4v) is 1.88. The van der Waals surface area contributed by atoms with Crippen LogP contribution < -0.4 is 5.32 Å². The van der Waals surface area contributed by atoms with E-state index in [9.17, 15) is 0 Å². The number of aromatic nitrogens is 2. The molecule has 1 unspecified atom stereocenters. The van der Waals surface area contributed by atoms with E-state index in [-0.39, 0.29) is 6.10 Å². The molecule has 0 bridgehead atoms. The van der Waals surface area contributed by atoms with Gasteiger partial charge in [0.15, 0.2) is 5.82 Å². The molecular weight excluding hydrogens is 226 g/mol. The smallest absolute Gasteiger partial charge is 0.159 e. The van der Waals surface area contributed by atoms with Crippen LogP contribution in [0.3, 0.4) is 0 Å². The standard InChI is InChI=1S/C14H25N3O/c1-6-9-12(18-8-3)14-16-11(5)10(4)13(17-14)15-7-2/h12H,6-9H2,1-5H3,(H,15,16,17). The summed E-state index contributed by atoms with van der Waals surface area (Å²) in [5, 5.41) is 3.29. The summed E-state index contributed by atoms with van der Waals surface area (Å²) in [4.78, 5) is 9.19. The molecule has 1 atom stereocenters. The van der Waals surface area contributed by atoms with Gasteiger partial charge in [0.2, 0.25) is 0 Å². The minimum Gasteiger partial charge on any atom is -0.371 e. The Labute approximate surface area is 110 Å². The molecule has 0 aliphatic heterocycles. The van der Waals surface area contributed by atoms with Crippen LogP contribution in [-0.4, -0.2) is 23.1 Å². The van der Waals surface area contributed by atoms with Gasteiger partial charge in [0.25, 0.3) is 0 Å². The molecule has 0 fully saturated rings. The number of hydrogen-bond acceptors (Lipinski definition) is 4. The average Bonchev–Trinajstić information content (AvgIpc) is 2.34. The Hall–Kier alpha value is -1.16. The molecule has 0 spiro atoms. The van der Waals surface area contributed by atoms with Crippen LogP contribution in [0.15, 0.2) is 0 Å². The van der Waals surface area contributed by atoms with Crippen LogP contribution in [0, 0.1) is 13.8 Å².